The number of nitrogens with zero attached hydrogens (tertiary/aromatic N) is 2. The highest BCUT2D eigenvalue weighted by Crippen LogP contribution is 2.63. The summed E-state index contributed by atoms with van der Waals surface area (Å²) in [4.78, 5) is 44.6. The molecule has 3 aliphatic heterocycles. The van der Waals surface area contributed by atoms with E-state index in [0.29, 0.717) is 19.4 Å². The van der Waals surface area contributed by atoms with Gasteiger partial charge in [0.2, 0.25) is 11.8 Å². The van der Waals surface area contributed by atoms with Gasteiger partial charge in [0.25, 0.3) is 0 Å². The number of esters is 1. The van der Waals surface area contributed by atoms with E-state index >= 15 is 0 Å². The first-order chi connectivity index (χ1) is 16.3. The Kier molecular flexibility index (Phi) is 6.93. The van der Waals surface area contributed by atoms with Crippen molar-refractivity contribution in [2.45, 2.75) is 88.1 Å². The van der Waals surface area contributed by atoms with Crippen molar-refractivity contribution in [3.63, 3.8) is 0 Å². The molecule has 4 fully saturated rings. The van der Waals surface area contributed by atoms with E-state index in [1.54, 1.807) is 13.0 Å². The van der Waals surface area contributed by atoms with Gasteiger partial charge < -0.3 is 24.4 Å². The lowest BCUT2D eigenvalue weighted by Gasteiger charge is -2.42. The minimum atomic E-state index is -1.11. The average molecular weight is 475 g/mol. The van der Waals surface area contributed by atoms with Crippen molar-refractivity contribution in [3.8, 4) is 0 Å². The first-order valence-corrected chi connectivity index (χ1v) is 12.6. The number of fused-ring (bicyclic) bond motifs is 1. The van der Waals surface area contributed by atoms with Crippen LogP contribution >= 0.6 is 0 Å². The summed E-state index contributed by atoms with van der Waals surface area (Å²) in [6.45, 7) is 11.2. The van der Waals surface area contributed by atoms with Crippen molar-refractivity contribution in [3.05, 3.63) is 25.3 Å². The lowest BCUT2D eigenvalue weighted by Crippen LogP contribution is -2.60. The van der Waals surface area contributed by atoms with E-state index in [1.165, 1.54) is 11.0 Å². The largest absolute Gasteiger partial charge is 0.461 e. The van der Waals surface area contributed by atoms with Gasteiger partial charge in [-0.1, -0.05) is 38.0 Å². The molecule has 2 bridgehead atoms. The molecule has 3 saturated heterocycles. The topological polar surface area (TPSA) is 96.4 Å². The van der Waals surface area contributed by atoms with Crippen LogP contribution < -0.4 is 0 Å². The Balaban J connectivity index is 1.75. The molecule has 0 aromatic heterocycles. The molecule has 1 aliphatic carbocycles. The number of aliphatic hydroxyl groups excluding tert-OH is 1. The number of ether oxygens (including phenoxy) is 2. The minimum absolute atomic E-state index is 0.0488. The predicted octanol–water partition coefficient (Wildman–Crippen LogP) is 2.21. The maximum absolute atomic E-state index is 14.3. The van der Waals surface area contributed by atoms with Crippen LogP contribution in [0.1, 0.15) is 58.8 Å². The van der Waals surface area contributed by atoms with E-state index in [9.17, 15) is 19.5 Å². The first kappa shape index (κ1) is 24.9. The van der Waals surface area contributed by atoms with Crippen LogP contribution in [0.2, 0.25) is 0 Å². The second-order valence-corrected chi connectivity index (χ2v) is 10.5. The second-order valence-electron chi connectivity index (χ2n) is 10.5. The van der Waals surface area contributed by atoms with Gasteiger partial charge in [0.05, 0.1) is 24.2 Å². The molecule has 188 valence electrons. The van der Waals surface area contributed by atoms with Gasteiger partial charge in [-0.2, -0.15) is 0 Å². The Morgan fingerprint density at radius 1 is 1.26 bits per heavy atom. The van der Waals surface area contributed by atoms with Gasteiger partial charge in [-0.15, -0.1) is 6.58 Å². The van der Waals surface area contributed by atoms with E-state index in [1.807, 2.05) is 11.8 Å². The summed E-state index contributed by atoms with van der Waals surface area (Å²) >= 11 is 0. The summed E-state index contributed by atoms with van der Waals surface area (Å²) in [5, 5.41) is 10.00. The van der Waals surface area contributed by atoms with Crippen LogP contribution in [-0.2, 0) is 23.9 Å². The molecule has 2 amide bonds. The lowest BCUT2D eigenvalue weighted by molar-refractivity contribution is -0.161. The normalized spacial score (nSPS) is 35.7. The molecule has 1 spiro atoms. The van der Waals surface area contributed by atoms with Crippen LogP contribution in [0, 0.1) is 11.8 Å². The quantitative estimate of drug-likeness (QED) is 0.407. The fourth-order valence-corrected chi connectivity index (χ4v) is 6.90. The lowest BCUT2D eigenvalue weighted by atomic mass is 9.66. The van der Waals surface area contributed by atoms with Crippen LogP contribution in [0.4, 0.5) is 0 Å². The van der Waals surface area contributed by atoms with Crippen molar-refractivity contribution < 1.29 is 29.0 Å². The maximum atomic E-state index is 14.3. The number of hydrogen-bond acceptors (Lipinski definition) is 6. The zero-order chi connectivity index (χ0) is 24.7. The summed E-state index contributed by atoms with van der Waals surface area (Å²) in [5.41, 5.74) is -1.99. The van der Waals surface area contributed by atoms with E-state index < -0.39 is 41.1 Å². The fourth-order valence-electron chi connectivity index (χ4n) is 6.90. The number of hydrogen-bond donors (Lipinski definition) is 1. The van der Waals surface area contributed by atoms with Crippen molar-refractivity contribution >= 4 is 17.8 Å². The Hall–Kier alpha value is -2.19. The zero-order valence-corrected chi connectivity index (χ0v) is 20.4. The molecule has 0 radical (unpaired) electrons. The standard InChI is InChI=1S/C26H38N2O6/c1-5-14-27(18-10-8-7-9-11-18)23(31)21-26-13-12-25(4,34-26)20(24(32)33-15-6-2)19(26)22(30)28(21)17(3)16-29/h5-6,17-21,29H,1-2,7-16H2,3-4H3/t17-,19+,20-,21?,25+,26?/m1/s1. The van der Waals surface area contributed by atoms with E-state index in [4.69, 9.17) is 9.47 Å². The molecule has 4 rings (SSSR count). The maximum Gasteiger partial charge on any atom is 0.313 e. The number of rotatable bonds is 9. The molecule has 2 unspecified atom stereocenters. The third kappa shape index (κ3) is 3.70. The van der Waals surface area contributed by atoms with Crippen molar-refractivity contribution in [2.24, 2.45) is 11.8 Å². The summed E-state index contributed by atoms with van der Waals surface area (Å²) < 4.78 is 12.0. The summed E-state index contributed by atoms with van der Waals surface area (Å²) in [6.07, 6.45) is 9.39. The van der Waals surface area contributed by atoms with Crippen molar-refractivity contribution in [2.75, 3.05) is 19.8 Å². The molecule has 1 saturated carbocycles. The van der Waals surface area contributed by atoms with Crippen molar-refractivity contribution in [1.29, 1.82) is 0 Å². The first-order valence-electron chi connectivity index (χ1n) is 12.6. The zero-order valence-electron chi connectivity index (χ0n) is 20.4. The molecule has 0 aromatic carbocycles. The highest BCUT2D eigenvalue weighted by Gasteiger charge is 2.79. The van der Waals surface area contributed by atoms with Crippen LogP contribution in [-0.4, -0.2) is 81.8 Å². The Bertz CT molecular complexity index is 854. The van der Waals surface area contributed by atoms with Gasteiger partial charge in [-0.05, 0) is 39.5 Å². The van der Waals surface area contributed by atoms with Gasteiger partial charge >= 0.3 is 5.97 Å². The number of aliphatic hydroxyl groups is 1. The van der Waals surface area contributed by atoms with Crippen LogP contribution in [0.3, 0.4) is 0 Å². The molecule has 4 aliphatic rings. The van der Waals surface area contributed by atoms with E-state index in [-0.39, 0.29) is 31.1 Å². The average Bonchev–Trinajstić information content (AvgIpc) is 3.41. The summed E-state index contributed by atoms with van der Waals surface area (Å²) in [5.74, 6) is -2.61. The Morgan fingerprint density at radius 3 is 2.59 bits per heavy atom. The van der Waals surface area contributed by atoms with Crippen molar-refractivity contribution in [1.82, 2.24) is 9.80 Å². The third-order valence-electron chi connectivity index (χ3n) is 8.41. The molecule has 6 atom stereocenters. The van der Waals surface area contributed by atoms with E-state index in [2.05, 4.69) is 13.2 Å². The van der Waals surface area contributed by atoms with Gasteiger partial charge in [-0.3, -0.25) is 14.4 Å². The van der Waals surface area contributed by atoms with Gasteiger partial charge in [-0.25, -0.2) is 0 Å². The molecular formula is C26H38N2O6. The van der Waals surface area contributed by atoms with Gasteiger partial charge in [0.15, 0.2) is 0 Å². The van der Waals surface area contributed by atoms with Crippen LogP contribution in [0.15, 0.2) is 25.3 Å². The number of carbonyl (C=O) groups is 3. The SMILES string of the molecule is C=CCOC(=O)[C@H]1[C@H]2C(=O)N([C@H](C)CO)C(C(=O)N(CC=C)C3CCCCC3)C23CC[C@]1(C)O3. The molecule has 0 aromatic rings. The van der Waals surface area contributed by atoms with Gasteiger partial charge in [0, 0.05) is 12.6 Å². The predicted molar refractivity (Wildman–Crippen MR) is 126 cm³/mol. The van der Waals surface area contributed by atoms with E-state index in [0.717, 1.165) is 32.1 Å². The highest BCUT2D eigenvalue weighted by molar-refractivity contribution is 5.98. The monoisotopic (exact) mass is 474 g/mol. The van der Waals surface area contributed by atoms with Crippen LogP contribution in [0.5, 0.6) is 0 Å². The number of carbonyl (C=O) groups excluding carboxylic acids is 3. The molecule has 3 heterocycles. The highest BCUT2D eigenvalue weighted by atomic mass is 16.6. The Labute approximate surface area is 201 Å². The number of amides is 2. The molecule has 34 heavy (non-hydrogen) atoms. The summed E-state index contributed by atoms with van der Waals surface area (Å²) in [7, 11) is 0. The fraction of sp³-hybridized carbons (Fsp3) is 0.731. The molecule has 8 heteroatoms. The molecular weight excluding hydrogens is 436 g/mol. The smallest absolute Gasteiger partial charge is 0.313 e. The Morgan fingerprint density at radius 2 is 1.97 bits per heavy atom. The third-order valence-corrected chi connectivity index (χ3v) is 8.41. The number of likely N-dealkylation sites (tertiary alicyclic amines) is 1. The van der Waals surface area contributed by atoms with Crippen LogP contribution in [0.25, 0.3) is 0 Å². The molecule has 1 N–H and O–H groups in total. The minimum Gasteiger partial charge on any atom is -0.461 e. The summed E-state index contributed by atoms with van der Waals surface area (Å²) in [6, 6.07) is -1.40. The van der Waals surface area contributed by atoms with Gasteiger partial charge in [0.1, 0.15) is 24.2 Å². The second kappa shape index (κ2) is 9.46. The molecule has 8 nitrogen and oxygen atoms in total.